The molecule has 0 atom stereocenters. The van der Waals surface area contributed by atoms with Crippen LogP contribution >= 0.6 is 12.6 Å². The Morgan fingerprint density at radius 3 is 2.82 bits per heavy atom. The Hall–Kier alpha value is -1.36. The van der Waals surface area contributed by atoms with E-state index >= 15 is 0 Å². The first kappa shape index (κ1) is 12.1. The maximum absolute atomic E-state index is 11.1. The predicted octanol–water partition coefficient (Wildman–Crippen LogP) is 1.39. The van der Waals surface area contributed by atoms with Gasteiger partial charge in [0, 0.05) is 13.0 Å². The van der Waals surface area contributed by atoms with E-state index in [0.29, 0.717) is 19.8 Å². The van der Waals surface area contributed by atoms with Gasteiger partial charge < -0.3 is 14.8 Å². The van der Waals surface area contributed by atoms with Crippen LogP contribution in [0, 0.1) is 0 Å². The van der Waals surface area contributed by atoms with Crippen molar-refractivity contribution in [3.05, 3.63) is 23.8 Å². The first-order valence-corrected chi connectivity index (χ1v) is 6.19. The van der Waals surface area contributed by atoms with Crippen LogP contribution in [0.2, 0.25) is 0 Å². The Morgan fingerprint density at radius 1 is 1.29 bits per heavy atom. The molecule has 17 heavy (non-hydrogen) atoms. The molecule has 0 spiro atoms. The van der Waals surface area contributed by atoms with Crippen LogP contribution in [0.1, 0.15) is 12.0 Å². The van der Waals surface area contributed by atoms with Gasteiger partial charge in [-0.05, 0) is 17.7 Å². The van der Waals surface area contributed by atoms with E-state index in [1.54, 1.807) is 0 Å². The predicted molar refractivity (Wildman–Crippen MR) is 67.7 cm³/mol. The van der Waals surface area contributed by atoms with Crippen molar-refractivity contribution in [2.75, 3.05) is 19.0 Å². The third-order valence-electron chi connectivity index (χ3n) is 2.45. The molecule has 0 aliphatic carbocycles. The molecular formula is C12H15NO3S. The summed E-state index contributed by atoms with van der Waals surface area (Å²) in [6.45, 7) is 1.83. The van der Waals surface area contributed by atoms with Crippen molar-refractivity contribution in [3.8, 4) is 11.5 Å². The molecule has 2 rings (SSSR count). The molecule has 0 radical (unpaired) electrons. The van der Waals surface area contributed by atoms with Gasteiger partial charge >= 0.3 is 0 Å². The van der Waals surface area contributed by atoms with E-state index in [-0.39, 0.29) is 11.7 Å². The first-order chi connectivity index (χ1) is 8.29. The topological polar surface area (TPSA) is 47.6 Å². The Morgan fingerprint density at radius 2 is 2.06 bits per heavy atom. The highest BCUT2D eigenvalue weighted by molar-refractivity contribution is 7.81. The van der Waals surface area contributed by atoms with E-state index < -0.39 is 0 Å². The zero-order chi connectivity index (χ0) is 12.1. The van der Waals surface area contributed by atoms with E-state index in [1.165, 1.54) is 0 Å². The Labute approximate surface area is 106 Å². The van der Waals surface area contributed by atoms with Gasteiger partial charge in [-0.2, -0.15) is 12.6 Å². The number of amides is 1. The summed E-state index contributed by atoms with van der Waals surface area (Å²) >= 11 is 3.90. The van der Waals surface area contributed by atoms with Gasteiger partial charge in [-0.15, -0.1) is 0 Å². The monoisotopic (exact) mass is 253 g/mol. The van der Waals surface area contributed by atoms with E-state index in [2.05, 4.69) is 17.9 Å². The molecule has 0 fully saturated rings. The highest BCUT2D eigenvalue weighted by Crippen LogP contribution is 2.30. The number of carbonyl (C=O) groups is 1. The first-order valence-electron chi connectivity index (χ1n) is 5.55. The minimum atomic E-state index is -0.0829. The Balaban J connectivity index is 2.04. The van der Waals surface area contributed by atoms with Gasteiger partial charge in [0.05, 0.1) is 19.0 Å². The second kappa shape index (κ2) is 5.82. The lowest BCUT2D eigenvalue weighted by Crippen LogP contribution is -2.23. The largest absolute Gasteiger partial charge is 0.490 e. The number of benzene rings is 1. The Kier molecular flexibility index (Phi) is 4.14. The molecule has 1 amide bonds. The van der Waals surface area contributed by atoms with Crippen molar-refractivity contribution in [1.82, 2.24) is 5.32 Å². The average molecular weight is 253 g/mol. The fourth-order valence-electron chi connectivity index (χ4n) is 1.57. The quantitative estimate of drug-likeness (QED) is 0.800. The highest BCUT2D eigenvalue weighted by Gasteiger charge is 2.10. The fourth-order valence-corrected chi connectivity index (χ4v) is 1.69. The maximum atomic E-state index is 11.1. The SMILES string of the molecule is O=C(CS)NCc1ccc2c(c1)OCCCO2. The molecule has 1 aliphatic heterocycles. The van der Waals surface area contributed by atoms with Gasteiger partial charge in [-0.3, -0.25) is 4.79 Å². The van der Waals surface area contributed by atoms with Crippen molar-refractivity contribution in [2.24, 2.45) is 0 Å². The molecule has 1 aliphatic rings. The van der Waals surface area contributed by atoms with E-state index in [1.807, 2.05) is 18.2 Å². The molecule has 5 heteroatoms. The van der Waals surface area contributed by atoms with Gasteiger partial charge in [0.25, 0.3) is 0 Å². The molecule has 1 aromatic rings. The summed E-state index contributed by atoms with van der Waals surface area (Å²) in [5.41, 5.74) is 0.990. The molecule has 0 saturated carbocycles. The summed E-state index contributed by atoms with van der Waals surface area (Å²) in [6.07, 6.45) is 0.889. The average Bonchev–Trinajstić information content (AvgIpc) is 2.60. The molecule has 0 bridgehead atoms. The van der Waals surface area contributed by atoms with Gasteiger partial charge in [0.1, 0.15) is 0 Å². The van der Waals surface area contributed by atoms with E-state index in [9.17, 15) is 4.79 Å². The van der Waals surface area contributed by atoms with Crippen LogP contribution in [-0.4, -0.2) is 24.9 Å². The molecule has 1 aromatic carbocycles. The number of nitrogens with one attached hydrogen (secondary N) is 1. The number of ether oxygens (including phenoxy) is 2. The number of fused-ring (bicyclic) bond motifs is 1. The van der Waals surface area contributed by atoms with Gasteiger partial charge in [0.2, 0.25) is 5.91 Å². The normalized spacial score (nSPS) is 13.9. The molecule has 0 saturated heterocycles. The van der Waals surface area contributed by atoms with Crippen LogP contribution < -0.4 is 14.8 Å². The number of carbonyl (C=O) groups excluding carboxylic acids is 1. The van der Waals surface area contributed by atoms with Gasteiger partial charge in [0.15, 0.2) is 11.5 Å². The molecular weight excluding hydrogens is 238 g/mol. The van der Waals surface area contributed by atoms with Crippen LogP contribution in [0.5, 0.6) is 11.5 Å². The summed E-state index contributed by atoms with van der Waals surface area (Å²) in [7, 11) is 0. The lowest BCUT2D eigenvalue weighted by atomic mass is 10.2. The summed E-state index contributed by atoms with van der Waals surface area (Å²) in [5, 5.41) is 2.76. The summed E-state index contributed by atoms with van der Waals surface area (Å²) in [5.74, 6) is 1.64. The Bertz CT molecular complexity index is 409. The zero-order valence-electron chi connectivity index (χ0n) is 9.44. The second-order valence-corrected chi connectivity index (χ2v) is 4.08. The standard InChI is InChI=1S/C12H15NO3S/c14-12(8-17)13-7-9-2-3-10-11(6-9)16-5-1-4-15-10/h2-3,6,17H,1,4-5,7-8H2,(H,13,14). The molecule has 1 N–H and O–H groups in total. The van der Waals surface area contributed by atoms with Gasteiger partial charge in [-0.1, -0.05) is 6.07 Å². The van der Waals surface area contributed by atoms with Crippen LogP contribution in [0.3, 0.4) is 0 Å². The number of rotatable bonds is 3. The molecule has 92 valence electrons. The van der Waals surface area contributed by atoms with Crippen molar-refractivity contribution in [1.29, 1.82) is 0 Å². The second-order valence-electron chi connectivity index (χ2n) is 3.77. The molecule has 1 heterocycles. The fraction of sp³-hybridized carbons (Fsp3) is 0.417. The summed E-state index contributed by atoms with van der Waals surface area (Å²) < 4.78 is 11.1. The number of thiol groups is 1. The van der Waals surface area contributed by atoms with E-state index in [4.69, 9.17) is 9.47 Å². The van der Waals surface area contributed by atoms with Crippen molar-refractivity contribution >= 4 is 18.5 Å². The van der Waals surface area contributed by atoms with Crippen molar-refractivity contribution in [2.45, 2.75) is 13.0 Å². The maximum Gasteiger partial charge on any atom is 0.229 e. The minimum absolute atomic E-state index is 0.0829. The molecule has 0 aromatic heterocycles. The lowest BCUT2D eigenvalue weighted by Gasteiger charge is -2.09. The number of hydrogen-bond acceptors (Lipinski definition) is 4. The van der Waals surface area contributed by atoms with Crippen molar-refractivity contribution in [3.63, 3.8) is 0 Å². The number of hydrogen-bond donors (Lipinski definition) is 2. The van der Waals surface area contributed by atoms with Gasteiger partial charge in [-0.25, -0.2) is 0 Å². The summed E-state index contributed by atoms with van der Waals surface area (Å²) in [6, 6.07) is 5.70. The van der Waals surface area contributed by atoms with E-state index in [0.717, 1.165) is 23.5 Å². The minimum Gasteiger partial charge on any atom is -0.490 e. The third-order valence-corrected chi connectivity index (χ3v) is 2.73. The van der Waals surface area contributed by atoms with Crippen LogP contribution in [0.4, 0.5) is 0 Å². The summed E-state index contributed by atoms with van der Waals surface area (Å²) in [4.78, 5) is 11.1. The van der Waals surface area contributed by atoms with Crippen LogP contribution in [0.25, 0.3) is 0 Å². The molecule has 0 unspecified atom stereocenters. The van der Waals surface area contributed by atoms with Crippen molar-refractivity contribution < 1.29 is 14.3 Å². The highest BCUT2D eigenvalue weighted by atomic mass is 32.1. The third kappa shape index (κ3) is 3.30. The molecule has 4 nitrogen and oxygen atoms in total. The van der Waals surface area contributed by atoms with Crippen LogP contribution in [0.15, 0.2) is 18.2 Å². The smallest absolute Gasteiger partial charge is 0.229 e. The van der Waals surface area contributed by atoms with Crippen LogP contribution in [-0.2, 0) is 11.3 Å². The zero-order valence-corrected chi connectivity index (χ0v) is 10.3. The lowest BCUT2D eigenvalue weighted by molar-refractivity contribution is -0.118.